The lowest BCUT2D eigenvalue weighted by Gasteiger charge is -2.33. The predicted octanol–water partition coefficient (Wildman–Crippen LogP) is 2.48. The van der Waals surface area contributed by atoms with E-state index >= 15 is 0 Å². The molecule has 4 nitrogen and oxygen atoms in total. The molecular weight excluding hydrogens is 378 g/mol. The highest BCUT2D eigenvalue weighted by atomic mass is 79.9. The van der Waals surface area contributed by atoms with E-state index < -0.39 is 0 Å². The van der Waals surface area contributed by atoms with Crippen LogP contribution in [0.25, 0.3) is 0 Å². The molecule has 0 radical (unpaired) electrons. The molecule has 0 spiro atoms. The van der Waals surface area contributed by atoms with E-state index in [-0.39, 0.29) is 31.0 Å². The first-order valence-electron chi connectivity index (χ1n) is 6.05. The summed E-state index contributed by atoms with van der Waals surface area (Å²) in [7, 11) is 0. The highest BCUT2D eigenvalue weighted by Crippen LogP contribution is 2.33. The average Bonchev–Trinajstić information content (AvgIpc) is 2.39. The van der Waals surface area contributed by atoms with E-state index in [1.165, 1.54) is 0 Å². The second-order valence-electron chi connectivity index (χ2n) is 4.63. The summed E-state index contributed by atoms with van der Waals surface area (Å²) in [6.07, 6.45) is 0. The Bertz CT molecular complexity index is 419. The molecule has 0 aliphatic carbocycles. The van der Waals surface area contributed by atoms with Gasteiger partial charge in [0.05, 0.1) is 17.7 Å². The Labute approximate surface area is 130 Å². The number of aromatic hydroxyl groups is 1. The largest absolute Gasteiger partial charge is 0.506 e. The van der Waals surface area contributed by atoms with Crippen molar-refractivity contribution >= 4 is 31.9 Å². The molecule has 0 aliphatic rings. The van der Waals surface area contributed by atoms with Gasteiger partial charge in [0, 0.05) is 28.7 Å². The summed E-state index contributed by atoms with van der Waals surface area (Å²) < 4.78 is 1.48. The topological polar surface area (TPSA) is 63.9 Å². The molecule has 0 saturated carbocycles. The van der Waals surface area contributed by atoms with Crippen LogP contribution in [0, 0.1) is 0 Å². The molecule has 3 N–H and O–H groups in total. The number of hydrogen-bond donors (Lipinski definition) is 3. The zero-order valence-electron chi connectivity index (χ0n) is 11.0. The van der Waals surface area contributed by atoms with Gasteiger partial charge in [-0.1, -0.05) is 15.9 Å². The summed E-state index contributed by atoms with van der Waals surface area (Å²) in [6.45, 7) is 4.22. The molecule has 2 unspecified atom stereocenters. The Balaban J connectivity index is 3.02. The minimum atomic E-state index is -0.0979. The molecule has 19 heavy (non-hydrogen) atoms. The quantitative estimate of drug-likeness (QED) is 0.691. The number of aliphatic hydroxyl groups excluding tert-OH is 2. The van der Waals surface area contributed by atoms with Crippen LogP contribution < -0.4 is 0 Å². The molecule has 1 aromatic carbocycles. The third-order valence-corrected chi connectivity index (χ3v) is 4.18. The minimum absolute atomic E-state index is 0.000273. The maximum atomic E-state index is 10.1. The van der Waals surface area contributed by atoms with Gasteiger partial charge in [-0.3, -0.25) is 4.90 Å². The summed E-state index contributed by atoms with van der Waals surface area (Å²) in [5.41, 5.74) is 0.738. The number of nitrogens with zero attached hydrogens (tertiary/aromatic N) is 1. The third kappa shape index (κ3) is 4.43. The molecule has 0 aliphatic heterocycles. The zero-order valence-corrected chi connectivity index (χ0v) is 14.1. The fraction of sp³-hybridized carbons (Fsp3) is 0.538. The van der Waals surface area contributed by atoms with Crippen molar-refractivity contribution in [1.82, 2.24) is 4.90 Å². The molecule has 0 amide bonds. The Morgan fingerprint density at radius 2 is 1.63 bits per heavy atom. The number of benzene rings is 1. The van der Waals surface area contributed by atoms with Crippen LogP contribution in [-0.2, 0) is 6.54 Å². The molecule has 108 valence electrons. The normalized spacial score (nSPS) is 14.7. The van der Waals surface area contributed by atoms with Gasteiger partial charge >= 0.3 is 0 Å². The first-order chi connectivity index (χ1) is 8.90. The molecule has 0 saturated heterocycles. The predicted molar refractivity (Wildman–Crippen MR) is 82.1 cm³/mol. The standard InChI is InChI=1S/C13H19Br2NO3/c1-8(6-17)16(9(2)7-18)5-10-3-11(14)4-12(15)13(10)19/h3-4,8-9,17-19H,5-7H2,1-2H3. The summed E-state index contributed by atoms with van der Waals surface area (Å²) in [4.78, 5) is 1.95. The fourth-order valence-corrected chi connectivity index (χ4v) is 3.21. The van der Waals surface area contributed by atoms with Crippen molar-refractivity contribution in [3.05, 3.63) is 26.6 Å². The number of hydrogen-bond acceptors (Lipinski definition) is 4. The van der Waals surface area contributed by atoms with Gasteiger partial charge in [0.15, 0.2) is 0 Å². The van der Waals surface area contributed by atoms with Gasteiger partial charge in [0.2, 0.25) is 0 Å². The monoisotopic (exact) mass is 395 g/mol. The summed E-state index contributed by atoms with van der Waals surface area (Å²) in [6, 6.07) is 3.41. The SMILES string of the molecule is CC(CO)N(Cc1cc(Br)cc(Br)c1O)C(C)CO. The molecule has 2 atom stereocenters. The van der Waals surface area contributed by atoms with E-state index in [0.29, 0.717) is 11.0 Å². The van der Waals surface area contributed by atoms with Crippen LogP contribution in [0.3, 0.4) is 0 Å². The fourth-order valence-electron chi connectivity index (χ4n) is 1.89. The highest BCUT2D eigenvalue weighted by Gasteiger charge is 2.21. The second kappa shape index (κ2) is 7.59. The summed E-state index contributed by atoms with van der Waals surface area (Å²) >= 11 is 6.68. The molecule has 1 rings (SSSR count). The van der Waals surface area contributed by atoms with Crippen molar-refractivity contribution in [2.45, 2.75) is 32.5 Å². The van der Waals surface area contributed by atoms with Crippen LogP contribution in [-0.4, -0.2) is 45.5 Å². The Kier molecular flexibility index (Phi) is 6.76. The van der Waals surface area contributed by atoms with Crippen molar-refractivity contribution in [3.63, 3.8) is 0 Å². The van der Waals surface area contributed by atoms with E-state index in [1.807, 2.05) is 24.8 Å². The van der Waals surface area contributed by atoms with Crippen molar-refractivity contribution < 1.29 is 15.3 Å². The van der Waals surface area contributed by atoms with Crippen molar-refractivity contribution in [1.29, 1.82) is 0 Å². The van der Waals surface area contributed by atoms with Crippen molar-refractivity contribution in [2.24, 2.45) is 0 Å². The van der Waals surface area contributed by atoms with Gasteiger partial charge in [0.1, 0.15) is 5.75 Å². The van der Waals surface area contributed by atoms with E-state index in [2.05, 4.69) is 31.9 Å². The summed E-state index contributed by atoms with van der Waals surface area (Å²) in [5.74, 6) is 0.184. The number of rotatable bonds is 6. The lowest BCUT2D eigenvalue weighted by molar-refractivity contribution is 0.0611. The molecule has 6 heteroatoms. The van der Waals surface area contributed by atoms with Gasteiger partial charge in [-0.2, -0.15) is 0 Å². The smallest absolute Gasteiger partial charge is 0.134 e. The van der Waals surface area contributed by atoms with Crippen LogP contribution in [0.1, 0.15) is 19.4 Å². The number of aliphatic hydroxyl groups is 2. The number of phenolic OH excluding ortho intramolecular Hbond substituents is 1. The minimum Gasteiger partial charge on any atom is -0.506 e. The van der Waals surface area contributed by atoms with E-state index in [9.17, 15) is 15.3 Å². The molecular formula is C13H19Br2NO3. The second-order valence-corrected chi connectivity index (χ2v) is 6.40. The van der Waals surface area contributed by atoms with Crippen LogP contribution in [0.2, 0.25) is 0 Å². The Hall–Kier alpha value is -0.140. The van der Waals surface area contributed by atoms with Crippen molar-refractivity contribution in [3.8, 4) is 5.75 Å². The molecule has 0 bridgehead atoms. The van der Waals surface area contributed by atoms with E-state index in [0.717, 1.165) is 10.0 Å². The van der Waals surface area contributed by atoms with Gasteiger partial charge < -0.3 is 15.3 Å². The summed E-state index contributed by atoms with van der Waals surface area (Å²) in [5, 5.41) is 28.7. The maximum absolute atomic E-state index is 10.1. The van der Waals surface area contributed by atoms with Gasteiger partial charge in [-0.15, -0.1) is 0 Å². The maximum Gasteiger partial charge on any atom is 0.134 e. The van der Waals surface area contributed by atoms with Crippen LogP contribution in [0.5, 0.6) is 5.75 Å². The Morgan fingerprint density at radius 3 is 2.11 bits per heavy atom. The van der Waals surface area contributed by atoms with Crippen molar-refractivity contribution in [2.75, 3.05) is 13.2 Å². The number of phenols is 1. The zero-order chi connectivity index (χ0) is 14.6. The third-order valence-electron chi connectivity index (χ3n) is 3.12. The van der Waals surface area contributed by atoms with E-state index in [4.69, 9.17) is 0 Å². The van der Waals surface area contributed by atoms with Crippen LogP contribution >= 0.6 is 31.9 Å². The van der Waals surface area contributed by atoms with Crippen LogP contribution in [0.15, 0.2) is 21.1 Å². The molecule has 0 aromatic heterocycles. The Morgan fingerprint density at radius 1 is 1.11 bits per heavy atom. The molecule has 1 aromatic rings. The van der Waals surface area contributed by atoms with Gasteiger partial charge in [-0.25, -0.2) is 0 Å². The van der Waals surface area contributed by atoms with E-state index in [1.54, 1.807) is 6.07 Å². The lowest BCUT2D eigenvalue weighted by atomic mass is 10.1. The molecule has 0 heterocycles. The first-order valence-corrected chi connectivity index (χ1v) is 7.63. The number of halogens is 2. The first kappa shape index (κ1) is 16.9. The van der Waals surface area contributed by atoms with Gasteiger partial charge in [0.25, 0.3) is 0 Å². The average molecular weight is 397 g/mol. The molecule has 0 fully saturated rings. The lowest BCUT2D eigenvalue weighted by Crippen LogP contribution is -2.43. The highest BCUT2D eigenvalue weighted by molar-refractivity contribution is 9.11. The van der Waals surface area contributed by atoms with Gasteiger partial charge in [-0.05, 0) is 41.9 Å². The van der Waals surface area contributed by atoms with Crippen LogP contribution in [0.4, 0.5) is 0 Å².